The monoisotopic (exact) mass is 237 g/mol. The predicted octanol–water partition coefficient (Wildman–Crippen LogP) is 0.677. The molecule has 3 heterocycles. The molecule has 0 radical (unpaired) electrons. The van der Waals surface area contributed by atoms with Crippen molar-refractivity contribution in [3.05, 3.63) is 11.7 Å². The van der Waals surface area contributed by atoms with E-state index in [1.165, 1.54) is 25.7 Å². The van der Waals surface area contributed by atoms with Crippen LogP contribution in [0.3, 0.4) is 0 Å². The average molecular weight is 237 g/mol. The fraction of sp³-hybridized carbons (Fsp3) is 0.833. The van der Waals surface area contributed by atoms with Crippen molar-refractivity contribution in [2.45, 2.75) is 50.6 Å². The SMILES string of the molecule is OCCc1noc(CC2CC3CCC(C2)N3)n1. The molecule has 0 spiro atoms. The van der Waals surface area contributed by atoms with Crippen LogP contribution in [0.1, 0.15) is 37.4 Å². The van der Waals surface area contributed by atoms with E-state index >= 15 is 0 Å². The Hall–Kier alpha value is -0.940. The first-order valence-electron chi connectivity index (χ1n) is 6.52. The van der Waals surface area contributed by atoms with Crippen LogP contribution >= 0.6 is 0 Å². The highest BCUT2D eigenvalue weighted by molar-refractivity contribution is 4.96. The Bertz CT molecular complexity index is 368. The summed E-state index contributed by atoms with van der Waals surface area (Å²) < 4.78 is 5.22. The zero-order chi connectivity index (χ0) is 11.7. The quantitative estimate of drug-likeness (QED) is 0.805. The van der Waals surface area contributed by atoms with Crippen molar-refractivity contribution in [2.75, 3.05) is 6.61 Å². The molecule has 5 heteroatoms. The maximum Gasteiger partial charge on any atom is 0.226 e. The smallest absolute Gasteiger partial charge is 0.226 e. The van der Waals surface area contributed by atoms with Gasteiger partial charge in [0.05, 0.1) is 6.61 Å². The van der Waals surface area contributed by atoms with E-state index in [9.17, 15) is 0 Å². The van der Waals surface area contributed by atoms with Gasteiger partial charge in [0, 0.05) is 24.9 Å². The van der Waals surface area contributed by atoms with Crippen LogP contribution in [0.4, 0.5) is 0 Å². The van der Waals surface area contributed by atoms with Gasteiger partial charge in [-0.3, -0.25) is 0 Å². The lowest BCUT2D eigenvalue weighted by atomic mass is 9.90. The molecule has 2 saturated heterocycles. The van der Waals surface area contributed by atoms with Crippen LogP contribution in [0.5, 0.6) is 0 Å². The number of nitrogens with zero attached hydrogens (tertiary/aromatic N) is 2. The number of aromatic nitrogens is 2. The minimum absolute atomic E-state index is 0.0798. The molecule has 94 valence electrons. The predicted molar refractivity (Wildman–Crippen MR) is 61.5 cm³/mol. The first-order chi connectivity index (χ1) is 8.33. The lowest BCUT2D eigenvalue weighted by Gasteiger charge is -2.27. The number of fused-ring (bicyclic) bond motifs is 2. The number of hydrogen-bond donors (Lipinski definition) is 2. The van der Waals surface area contributed by atoms with Crippen molar-refractivity contribution < 1.29 is 9.63 Å². The van der Waals surface area contributed by atoms with E-state index in [2.05, 4.69) is 15.5 Å². The lowest BCUT2D eigenvalue weighted by Crippen LogP contribution is -2.38. The summed E-state index contributed by atoms with van der Waals surface area (Å²) in [5.74, 6) is 2.04. The van der Waals surface area contributed by atoms with Gasteiger partial charge in [0.2, 0.25) is 5.89 Å². The molecule has 0 aliphatic carbocycles. The Morgan fingerprint density at radius 1 is 1.29 bits per heavy atom. The van der Waals surface area contributed by atoms with Crippen molar-refractivity contribution >= 4 is 0 Å². The van der Waals surface area contributed by atoms with Crippen LogP contribution in [0, 0.1) is 5.92 Å². The molecule has 17 heavy (non-hydrogen) atoms. The van der Waals surface area contributed by atoms with E-state index in [0.717, 1.165) is 12.3 Å². The second-order valence-electron chi connectivity index (χ2n) is 5.26. The molecule has 2 N–H and O–H groups in total. The first kappa shape index (κ1) is 11.2. The molecule has 2 bridgehead atoms. The van der Waals surface area contributed by atoms with Crippen molar-refractivity contribution in [3.63, 3.8) is 0 Å². The third-order valence-electron chi connectivity index (χ3n) is 3.88. The molecule has 0 amide bonds. The molecule has 1 aromatic rings. The highest BCUT2D eigenvalue weighted by Gasteiger charge is 2.34. The van der Waals surface area contributed by atoms with Gasteiger partial charge in [0.1, 0.15) is 0 Å². The summed E-state index contributed by atoms with van der Waals surface area (Å²) in [6, 6.07) is 1.41. The van der Waals surface area contributed by atoms with E-state index in [1.807, 2.05) is 0 Å². The average Bonchev–Trinajstić information content (AvgIpc) is 2.87. The Morgan fingerprint density at radius 2 is 2.06 bits per heavy atom. The summed E-state index contributed by atoms with van der Waals surface area (Å²) in [4.78, 5) is 4.31. The maximum absolute atomic E-state index is 8.80. The van der Waals surface area contributed by atoms with E-state index in [-0.39, 0.29) is 6.61 Å². The van der Waals surface area contributed by atoms with E-state index in [4.69, 9.17) is 9.63 Å². The highest BCUT2D eigenvalue weighted by atomic mass is 16.5. The molecule has 1 aromatic heterocycles. The van der Waals surface area contributed by atoms with Crippen molar-refractivity contribution in [2.24, 2.45) is 5.92 Å². The second kappa shape index (κ2) is 4.74. The first-order valence-corrected chi connectivity index (χ1v) is 6.52. The van der Waals surface area contributed by atoms with Crippen LogP contribution in [0.25, 0.3) is 0 Å². The Balaban J connectivity index is 1.58. The molecule has 0 aromatic carbocycles. The van der Waals surface area contributed by atoms with Gasteiger partial charge in [-0.25, -0.2) is 0 Å². The van der Waals surface area contributed by atoms with Crippen LogP contribution in [-0.2, 0) is 12.8 Å². The van der Waals surface area contributed by atoms with Crippen molar-refractivity contribution in [3.8, 4) is 0 Å². The topological polar surface area (TPSA) is 71.2 Å². The number of aliphatic hydroxyl groups is 1. The van der Waals surface area contributed by atoms with Gasteiger partial charge < -0.3 is 14.9 Å². The number of piperidine rings is 1. The van der Waals surface area contributed by atoms with Gasteiger partial charge in [-0.2, -0.15) is 4.98 Å². The zero-order valence-electron chi connectivity index (χ0n) is 9.93. The lowest BCUT2D eigenvalue weighted by molar-refractivity contribution is 0.269. The van der Waals surface area contributed by atoms with Gasteiger partial charge in [-0.15, -0.1) is 0 Å². The summed E-state index contributed by atoms with van der Waals surface area (Å²) in [5.41, 5.74) is 0. The van der Waals surface area contributed by atoms with Gasteiger partial charge in [-0.1, -0.05) is 5.16 Å². The fourth-order valence-corrected chi connectivity index (χ4v) is 3.16. The number of hydrogen-bond acceptors (Lipinski definition) is 5. The normalized spacial score (nSPS) is 31.9. The van der Waals surface area contributed by atoms with E-state index < -0.39 is 0 Å². The third-order valence-corrected chi connectivity index (χ3v) is 3.88. The maximum atomic E-state index is 8.80. The van der Waals surface area contributed by atoms with Gasteiger partial charge in [0.15, 0.2) is 5.82 Å². The number of rotatable bonds is 4. The Labute approximate surface area is 101 Å². The van der Waals surface area contributed by atoms with Gasteiger partial charge in [-0.05, 0) is 31.6 Å². The van der Waals surface area contributed by atoms with Gasteiger partial charge in [0.25, 0.3) is 0 Å². The summed E-state index contributed by atoms with van der Waals surface area (Å²) in [6.45, 7) is 0.0798. The number of aliphatic hydroxyl groups excluding tert-OH is 1. The molecule has 5 nitrogen and oxygen atoms in total. The summed E-state index contributed by atoms with van der Waals surface area (Å²) in [5, 5.41) is 16.3. The van der Waals surface area contributed by atoms with Crippen molar-refractivity contribution in [1.29, 1.82) is 0 Å². The Morgan fingerprint density at radius 3 is 2.76 bits per heavy atom. The van der Waals surface area contributed by atoms with E-state index in [0.29, 0.717) is 30.2 Å². The zero-order valence-corrected chi connectivity index (χ0v) is 9.93. The molecule has 3 rings (SSSR count). The molecule has 2 unspecified atom stereocenters. The van der Waals surface area contributed by atoms with Crippen LogP contribution in [0.2, 0.25) is 0 Å². The molecule has 2 fully saturated rings. The summed E-state index contributed by atoms with van der Waals surface area (Å²) in [7, 11) is 0. The molecule has 2 atom stereocenters. The standard InChI is InChI=1S/C12H19N3O2/c16-4-3-11-14-12(17-15-11)7-8-5-9-1-2-10(6-8)13-9/h8-10,13,16H,1-7H2. The van der Waals surface area contributed by atoms with E-state index in [1.54, 1.807) is 0 Å². The second-order valence-corrected chi connectivity index (χ2v) is 5.26. The van der Waals surface area contributed by atoms with Crippen molar-refractivity contribution in [1.82, 2.24) is 15.5 Å². The Kier molecular flexibility index (Phi) is 3.11. The minimum atomic E-state index is 0.0798. The summed E-state index contributed by atoms with van der Waals surface area (Å²) >= 11 is 0. The molecule has 0 saturated carbocycles. The summed E-state index contributed by atoms with van der Waals surface area (Å²) in [6.07, 6.45) is 6.48. The number of nitrogens with one attached hydrogen (secondary N) is 1. The van der Waals surface area contributed by atoms with Crippen LogP contribution < -0.4 is 5.32 Å². The minimum Gasteiger partial charge on any atom is -0.396 e. The largest absolute Gasteiger partial charge is 0.396 e. The molecular weight excluding hydrogens is 218 g/mol. The molecular formula is C12H19N3O2. The molecule has 2 aliphatic rings. The fourth-order valence-electron chi connectivity index (χ4n) is 3.16. The van der Waals surface area contributed by atoms with Crippen LogP contribution in [0.15, 0.2) is 4.52 Å². The molecule has 2 aliphatic heterocycles. The van der Waals surface area contributed by atoms with Gasteiger partial charge >= 0.3 is 0 Å². The third kappa shape index (κ3) is 2.50. The van der Waals surface area contributed by atoms with Crippen LogP contribution in [-0.4, -0.2) is 33.9 Å². The highest BCUT2D eigenvalue weighted by Crippen LogP contribution is 2.32.